The molecule has 12 rings (SSSR count). The third kappa shape index (κ3) is 5.08. The van der Waals surface area contributed by atoms with Crippen LogP contribution in [0.5, 0.6) is 0 Å². The molecule has 0 radical (unpaired) electrons. The third-order valence-electron chi connectivity index (χ3n) is 10.6. The number of para-hydroxylation sites is 3. The fourth-order valence-corrected chi connectivity index (χ4v) is 10.3. The van der Waals surface area contributed by atoms with Gasteiger partial charge in [0.2, 0.25) is 0 Å². The van der Waals surface area contributed by atoms with Gasteiger partial charge in [-0.2, -0.15) is 0 Å². The first kappa shape index (κ1) is 26.8. The van der Waals surface area contributed by atoms with E-state index in [-0.39, 0.29) is 41.6 Å². The van der Waals surface area contributed by atoms with Crippen molar-refractivity contribution in [3.8, 4) is 51.0 Å². The van der Waals surface area contributed by atoms with Gasteiger partial charge in [-0.3, -0.25) is 0 Å². The van der Waals surface area contributed by atoms with Gasteiger partial charge in [0, 0.05) is 78.9 Å². The molecule has 0 amide bonds. The standard InChI is InChI=1S/C51H30N4S2/c1-2-14-31(15-3-1)49-52-50(32-28-29-37-35-18-6-10-26-44(35)56-46(37)30-32)54-51(53-49)41-23-12-20-38(40-22-13-21-39-36-19-7-11-27-45(36)57-48(39)40)47(41)55-42-24-8-4-16-33(42)34-17-5-9-25-43(34)55/h1-30H/i7D,13D,19D,21D,22D,27D. The number of fused-ring (bicyclic) bond motifs is 9. The summed E-state index contributed by atoms with van der Waals surface area (Å²) in [6.07, 6.45) is 0. The zero-order valence-corrected chi connectivity index (χ0v) is 31.6. The Hall–Kier alpha value is -6.99. The van der Waals surface area contributed by atoms with E-state index in [0.717, 1.165) is 37.6 Å². The van der Waals surface area contributed by atoms with Crippen LogP contribution in [0.15, 0.2) is 182 Å². The first-order valence-corrected chi connectivity index (χ1v) is 20.2. The van der Waals surface area contributed by atoms with Gasteiger partial charge in [-0.05, 0) is 36.4 Å². The number of thiophene rings is 2. The molecule has 4 aromatic heterocycles. The predicted molar refractivity (Wildman–Crippen MR) is 242 cm³/mol. The van der Waals surface area contributed by atoms with Gasteiger partial charge in [0.15, 0.2) is 17.5 Å². The highest BCUT2D eigenvalue weighted by atomic mass is 32.1. The molecule has 0 spiro atoms. The second kappa shape index (κ2) is 12.8. The lowest BCUT2D eigenvalue weighted by atomic mass is 9.97. The number of hydrogen-bond donors (Lipinski definition) is 0. The SMILES string of the molecule is [2H]c1cc([2H])c2sc3c(-c4cccc(-c5nc(-c6ccccc6)nc(-c6ccc7c(c6)sc6ccccc67)n5)c4-n4c5ccccc5c5ccccc54)c([2H])c([2H])c([2H])c3c2c1[2H]. The predicted octanol–water partition coefficient (Wildman–Crippen LogP) is 14.4. The molecule has 0 saturated heterocycles. The maximum Gasteiger partial charge on any atom is 0.166 e. The number of aromatic nitrogens is 4. The number of hydrogen-bond acceptors (Lipinski definition) is 5. The van der Waals surface area contributed by atoms with Gasteiger partial charge in [0.25, 0.3) is 0 Å². The van der Waals surface area contributed by atoms with Crippen molar-refractivity contribution in [2.45, 2.75) is 0 Å². The minimum absolute atomic E-state index is 0.0620. The van der Waals surface area contributed by atoms with Gasteiger partial charge in [0.1, 0.15) is 0 Å². The van der Waals surface area contributed by atoms with Crippen LogP contribution in [0.1, 0.15) is 8.22 Å². The molecule has 0 bridgehead atoms. The van der Waals surface area contributed by atoms with E-state index < -0.39 is 0 Å². The lowest BCUT2D eigenvalue weighted by molar-refractivity contribution is 1.07. The molecule has 12 aromatic rings. The zero-order valence-electron chi connectivity index (χ0n) is 36.0. The smallest absolute Gasteiger partial charge is 0.166 e. The molecule has 0 aliphatic carbocycles. The summed E-state index contributed by atoms with van der Waals surface area (Å²) in [5.74, 6) is 1.38. The van der Waals surface area contributed by atoms with Crippen molar-refractivity contribution in [3.05, 3.63) is 182 Å². The maximum absolute atomic E-state index is 9.62. The summed E-state index contributed by atoms with van der Waals surface area (Å²) in [6, 6.07) is 47.2. The monoisotopic (exact) mass is 768 g/mol. The molecule has 0 unspecified atom stereocenters. The first-order valence-electron chi connectivity index (χ1n) is 21.5. The van der Waals surface area contributed by atoms with E-state index in [1.165, 1.54) is 32.9 Å². The number of rotatable bonds is 5. The van der Waals surface area contributed by atoms with Crippen molar-refractivity contribution in [1.29, 1.82) is 0 Å². The van der Waals surface area contributed by atoms with E-state index in [0.29, 0.717) is 54.6 Å². The van der Waals surface area contributed by atoms with Crippen molar-refractivity contribution >= 4 is 84.8 Å². The Balaban J connectivity index is 1.22. The van der Waals surface area contributed by atoms with Crippen LogP contribution < -0.4 is 0 Å². The fourth-order valence-electron chi connectivity index (χ4n) is 8.10. The summed E-state index contributed by atoms with van der Waals surface area (Å²) in [7, 11) is 0. The summed E-state index contributed by atoms with van der Waals surface area (Å²) in [5.41, 5.74) is 5.75. The zero-order chi connectivity index (χ0) is 42.7. The van der Waals surface area contributed by atoms with Crippen molar-refractivity contribution < 1.29 is 8.22 Å². The Kier molecular flexibility index (Phi) is 6.00. The summed E-state index contributed by atoms with van der Waals surface area (Å²) < 4.78 is 59.7. The van der Waals surface area contributed by atoms with Gasteiger partial charge >= 0.3 is 0 Å². The molecule has 57 heavy (non-hydrogen) atoms. The molecule has 0 aliphatic heterocycles. The molecule has 8 aromatic carbocycles. The van der Waals surface area contributed by atoms with E-state index >= 15 is 0 Å². The summed E-state index contributed by atoms with van der Waals surface area (Å²) in [6.45, 7) is 0. The normalized spacial score (nSPS) is 13.3. The Labute approximate surface area is 344 Å². The molecule has 6 heteroatoms. The second-order valence-electron chi connectivity index (χ2n) is 13.9. The van der Waals surface area contributed by atoms with Crippen LogP contribution in [-0.4, -0.2) is 19.5 Å². The Morgan fingerprint density at radius 3 is 1.89 bits per heavy atom. The molecular weight excluding hydrogens is 733 g/mol. The molecule has 0 N–H and O–H groups in total. The maximum atomic E-state index is 9.62. The highest BCUT2D eigenvalue weighted by molar-refractivity contribution is 7.26. The average molecular weight is 769 g/mol. The van der Waals surface area contributed by atoms with Crippen LogP contribution in [0.4, 0.5) is 0 Å². The second-order valence-corrected chi connectivity index (χ2v) is 16.0. The molecule has 0 atom stereocenters. The number of benzene rings is 8. The van der Waals surface area contributed by atoms with E-state index in [9.17, 15) is 2.74 Å². The molecule has 0 fully saturated rings. The van der Waals surface area contributed by atoms with E-state index in [1.807, 2.05) is 72.8 Å². The van der Waals surface area contributed by atoms with Crippen molar-refractivity contribution in [1.82, 2.24) is 19.5 Å². The topological polar surface area (TPSA) is 43.6 Å². The molecule has 266 valence electrons. The van der Waals surface area contributed by atoms with Crippen molar-refractivity contribution in [2.75, 3.05) is 0 Å². The summed E-state index contributed by atoms with van der Waals surface area (Å²) >= 11 is 2.95. The van der Waals surface area contributed by atoms with Gasteiger partial charge in [-0.1, -0.05) is 145 Å². The number of nitrogens with zero attached hydrogens (tertiary/aromatic N) is 4. The highest BCUT2D eigenvalue weighted by Crippen LogP contribution is 2.46. The largest absolute Gasteiger partial charge is 0.308 e. The van der Waals surface area contributed by atoms with Gasteiger partial charge < -0.3 is 4.57 Å². The Bertz CT molecular complexity index is 3840. The van der Waals surface area contributed by atoms with E-state index in [4.69, 9.17) is 20.4 Å². The van der Waals surface area contributed by atoms with Crippen LogP contribution in [0.25, 0.3) is 113 Å². The van der Waals surface area contributed by atoms with Gasteiger partial charge in [-0.25, -0.2) is 15.0 Å². The summed E-state index contributed by atoms with van der Waals surface area (Å²) in [4.78, 5) is 15.6. The molecular formula is C51H30N4S2. The van der Waals surface area contributed by atoms with Gasteiger partial charge in [0.05, 0.1) is 24.9 Å². The summed E-state index contributed by atoms with van der Waals surface area (Å²) in [5, 5.41) is 4.99. The Morgan fingerprint density at radius 1 is 0.404 bits per heavy atom. The first-order chi connectivity index (χ1) is 30.7. The highest BCUT2D eigenvalue weighted by Gasteiger charge is 2.24. The molecule has 4 nitrogen and oxygen atoms in total. The molecule has 4 heterocycles. The van der Waals surface area contributed by atoms with Crippen molar-refractivity contribution in [2.24, 2.45) is 0 Å². The van der Waals surface area contributed by atoms with Crippen LogP contribution in [0.2, 0.25) is 0 Å². The van der Waals surface area contributed by atoms with Crippen LogP contribution in [0.3, 0.4) is 0 Å². The quantitative estimate of drug-likeness (QED) is 0.175. The van der Waals surface area contributed by atoms with Crippen LogP contribution in [-0.2, 0) is 0 Å². The van der Waals surface area contributed by atoms with Gasteiger partial charge in [-0.15, -0.1) is 22.7 Å². The average Bonchev–Trinajstić information content (AvgIpc) is 4.01. The lowest BCUT2D eigenvalue weighted by Crippen LogP contribution is -2.05. The molecule has 0 aliphatic rings. The van der Waals surface area contributed by atoms with Crippen molar-refractivity contribution in [3.63, 3.8) is 0 Å². The van der Waals surface area contributed by atoms with Crippen LogP contribution >= 0.6 is 22.7 Å². The lowest BCUT2D eigenvalue weighted by Gasteiger charge is -2.19. The van der Waals surface area contributed by atoms with E-state index in [1.54, 1.807) is 11.3 Å². The third-order valence-corrected chi connectivity index (χ3v) is 12.9. The van der Waals surface area contributed by atoms with E-state index in [2.05, 4.69) is 71.3 Å². The molecule has 0 saturated carbocycles. The minimum Gasteiger partial charge on any atom is -0.308 e. The minimum atomic E-state index is -0.303. The Morgan fingerprint density at radius 2 is 1.07 bits per heavy atom. The van der Waals surface area contributed by atoms with Crippen LogP contribution in [0, 0.1) is 0 Å². The fraction of sp³-hybridized carbons (Fsp3) is 0.